The lowest BCUT2D eigenvalue weighted by Gasteiger charge is -2.28. The number of carbonyl (C=O) groups is 2. The Balaban J connectivity index is 1.26. The lowest BCUT2D eigenvalue weighted by Crippen LogP contribution is -2.40. The highest BCUT2D eigenvalue weighted by atomic mass is 35.5. The lowest BCUT2D eigenvalue weighted by molar-refractivity contribution is -0.128. The second-order valence-corrected chi connectivity index (χ2v) is 8.57. The van der Waals surface area contributed by atoms with Gasteiger partial charge >= 0.3 is 0 Å². The number of alkyl halides is 2. The zero-order valence-electron chi connectivity index (χ0n) is 16.5. The second-order valence-electron chi connectivity index (χ2n) is 8.01. The fourth-order valence-electron chi connectivity index (χ4n) is 4.08. The van der Waals surface area contributed by atoms with Gasteiger partial charge in [0.05, 0.1) is 23.7 Å². The van der Waals surface area contributed by atoms with Crippen molar-refractivity contribution in [1.29, 1.82) is 0 Å². The average Bonchev–Trinajstić information content (AvgIpc) is 3.16. The predicted molar refractivity (Wildman–Crippen MR) is 105 cm³/mol. The number of halogens is 2. The van der Waals surface area contributed by atoms with Gasteiger partial charge in [0, 0.05) is 31.0 Å². The molecular weight excluding hydrogens is 403 g/mol. The van der Waals surface area contributed by atoms with Crippen LogP contribution in [0.4, 0.5) is 4.39 Å². The SMILES string of the molecule is C=C(CCNC(=O)C1CCC2OCOC2C1)NC(=O)COC1CCC(Cl)C(F)C1. The van der Waals surface area contributed by atoms with Crippen molar-refractivity contribution in [2.24, 2.45) is 5.92 Å². The van der Waals surface area contributed by atoms with Gasteiger partial charge < -0.3 is 24.8 Å². The van der Waals surface area contributed by atoms with Crippen LogP contribution in [0.3, 0.4) is 0 Å². The Bertz CT molecular complexity index is 607. The summed E-state index contributed by atoms with van der Waals surface area (Å²) >= 11 is 5.84. The molecule has 2 saturated carbocycles. The molecule has 1 aliphatic heterocycles. The van der Waals surface area contributed by atoms with Crippen LogP contribution in [0.25, 0.3) is 0 Å². The Labute approximate surface area is 175 Å². The summed E-state index contributed by atoms with van der Waals surface area (Å²) in [5.41, 5.74) is 0.503. The number of hydrogen-bond donors (Lipinski definition) is 2. The number of carbonyl (C=O) groups excluding carboxylic acids is 2. The lowest BCUT2D eigenvalue weighted by atomic mass is 9.85. The van der Waals surface area contributed by atoms with Crippen molar-refractivity contribution < 1.29 is 28.2 Å². The molecule has 6 unspecified atom stereocenters. The first-order valence-electron chi connectivity index (χ1n) is 10.3. The van der Waals surface area contributed by atoms with Gasteiger partial charge in [-0.2, -0.15) is 0 Å². The Morgan fingerprint density at radius 3 is 2.72 bits per heavy atom. The maximum absolute atomic E-state index is 13.6. The van der Waals surface area contributed by atoms with Gasteiger partial charge in [0.15, 0.2) is 0 Å². The van der Waals surface area contributed by atoms with E-state index in [-0.39, 0.29) is 49.1 Å². The maximum atomic E-state index is 13.6. The summed E-state index contributed by atoms with van der Waals surface area (Å²) in [5.74, 6) is -0.407. The van der Waals surface area contributed by atoms with E-state index in [0.717, 1.165) is 12.8 Å². The molecule has 0 spiro atoms. The fourth-order valence-corrected chi connectivity index (χ4v) is 4.31. The molecular formula is C20H30ClFN2O5. The van der Waals surface area contributed by atoms with Crippen LogP contribution in [-0.2, 0) is 23.8 Å². The minimum absolute atomic E-state index is 0.00270. The van der Waals surface area contributed by atoms with Gasteiger partial charge in [-0.25, -0.2) is 4.39 Å². The molecule has 29 heavy (non-hydrogen) atoms. The summed E-state index contributed by atoms with van der Waals surface area (Å²) in [6.45, 7) is 4.37. The summed E-state index contributed by atoms with van der Waals surface area (Å²) in [6.07, 6.45) is 2.89. The summed E-state index contributed by atoms with van der Waals surface area (Å²) in [6, 6.07) is 0. The molecule has 0 bridgehead atoms. The largest absolute Gasteiger partial charge is 0.368 e. The molecule has 0 radical (unpaired) electrons. The molecule has 6 atom stereocenters. The highest BCUT2D eigenvalue weighted by molar-refractivity contribution is 6.21. The van der Waals surface area contributed by atoms with Crippen LogP contribution in [0.2, 0.25) is 0 Å². The smallest absolute Gasteiger partial charge is 0.250 e. The molecule has 0 aromatic carbocycles. The van der Waals surface area contributed by atoms with Crippen molar-refractivity contribution in [3.63, 3.8) is 0 Å². The van der Waals surface area contributed by atoms with Crippen molar-refractivity contribution in [2.75, 3.05) is 19.9 Å². The average molecular weight is 433 g/mol. The molecule has 2 aliphatic carbocycles. The Hall–Kier alpha value is -1.22. The number of nitrogens with one attached hydrogen (secondary N) is 2. The molecule has 3 aliphatic rings. The van der Waals surface area contributed by atoms with Gasteiger partial charge in [-0.15, -0.1) is 11.6 Å². The van der Waals surface area contributed by atoms with Crippen molar-refractivity contribution >= 4 is 23.4 Å². The van der Waals surface area contributed by atoms with Crippen LogP contribution in [0.1, 0.15) is 44.9 Å². The van der Waals surface area contributed by atoms with E-state index in [1.165, 1.54) is 0 Å². The first-order chi connectivity index (χ1) is 13.9. The van der Waals surface area contributed by atoms with E-state index < -0.39 is 11.5 Å². The predicted octanol–water partition coefficient (Wildman–Crippen LogP) is 2.18. The molecule has 9 heteroatoms. The monoisotopic (exact) mass is 432 g/mol. The zero-order valence-corrected chi connectivity index (χ0v) is 17.3. The highest BCUT2D eigenvalue weighted by Crippen LogP contribution is 2.32. The van der Waals surface area contributed by atoms with Crippen molar-refractivity contribution in [3.05, 3.63) is 12.3 Å². The zero-order chi connectivity index (χ0) is 20.8. The van der Waals surface area contributed by atoms with Crippen LogP contribution in [-0.4, -0.2) is 61.6 Å². The Morgan fingerprint density at radius 1 is 1.14 bits per heavy atom. The van der Waals surface area contributed by atoms with Crippen LogP contribution >= 0.6 is 11.6 Å². The molecule has 1 saturated heterocycles. The highest BCUT2D eigenvalue weighted by Gasteiger charge is 2.38. The van der Waals surface area contributed by atoms with E-state index in [1.807, 2.05) is 0 Å². The van der Waals surface area contributed by atoms with Gasteiger partial charge in [0.25, 0.3) is 0 Å². The standard InChI is InChI=1S/C20H30ClFN2O5/c1-12(24-19(25)10-27-14-3-4-15(21)16(22)9-14)6-7-23-20(26)13-2-5-17-18(8-13)29-11-28-17/h13-18H,1-11H2,(H,23,26)(H,24,25). The summed E-state index contributed by atoms with van der Waals surface area (Å²) in [5, 5.41) is 5.09. The summed E-state index contributed by atoms with van der Waals surface area (Å²) < 4.78 is 30.0. The fraction of sp³-hybridized carbons (Fsp3) is 0.800. The molecule has 0 aromatic rings. The van der Waals surface area contributed by atoms with E-state index in [1.54, 1.807) is 0 Å². The van der Waals surface area contributed by atoms with Crippen LogP contribution < -0.4 is 10.6 Å². The van der Waals surface area contributed by atoms with Crippen molar-refractivity contribution in [3.8, 4) is 0 Å². The van der Waals surface area contributed by atoms with Gasteiger partial charge in [-0.3, -0.25) is 9.59 Å². The van der Waals surface area contributed by atoms with E-state index in [9.17, 15) is 14.0 Å². The maximum Gasteiger partial charge on any atom is 0.250 e. The Kier molecular flexibility index (Phi) is 8.29. The first-order valence-corrected chi connectivity index (χ1v) is 10.7. The number of fused-ring (bicyclic) bond motifs is 1. The summed E-state index contributed by atoms with van der Waals surface area (Å²) in [4.78, 5) is 24.3. The topological polar surface area (TPSA) is 85.9 Å². The third-order valence-electron chi connectivity index (χ3n) is 5.80. The third-order valence-corrected chi connectivity index (χ3v) is 6.30. The van der Waals surface area contributed by atoms with E-state index in [4.69, 9.17) is 25.8 Å². The summed E-state index contributed by atoms with van der Waals surface area (Å²) in [7, 11) is 0. The number of hydrogen-bond acceptors (Lipinski definition) is 5. The van der Waals surface area contributed by atoms with Crippen molar-refractivity contribution in [2.45, 2.75) is 74.8 Å². The molecule has 1 heterocycles. The minimum Gasteiger partial charge on any atom is -0.368 e. The number of rotatable bonds is 8. The van der Waals surface area contributed by atoms with Gasteiger partial charge in [-0.05, 0) is 32.1 Å². The molecule has 7 nitrogen and oxygen atoms in total. The van der Waals surface area contributed by atoms with Crippen LogP contribution in [0.15, 0.2) is 12.3 Å². The van der Waals surface area contributed by atoms with E-state index in [0.29, 0.717) is 44.7 Å². The van der Waals surface area contributed by atoms with Crippen molar-refractivity contribution in [1.82, 2.24) is 10.6 Å². The molecule has 2 N–H and O–H groups in total. The first kappa shape index (κ1) is 22.5. The minimum atomic E-state index is -1.10. The Morgan fingerprint density at radius 2 is 1.93 bits per heavy atom. The molecule has 3 fully saturated rings. The molecule has 2 amide bonds. The van der Waals surface area contributed by atoms with E-state index in [2.05, 4.69) is 17.2 Å². The third kappa shape index (κ3) is 6.64. The number of ether oxygens (including phenoxy) is 3. The van der Waals surface area contributed by atoms with Crippen LogP contribution in [0, 0.1) is 5.92 Å². The normalized spacial score (nSPS) is 34.3. The molecule has 3 rings (SSSR count). The van der Waals surface area contributed by atoms with Gasteiger partial charge in [-0.1, -0.05) is 6.58 Å². The van der Waals surface area contributed by atoms with Crippen LogP contribution in [0.5, 0.6) is 0 Å². The van der Waals surface area contributed by atoms with Gasteiger partial charge in [0.2, 0.25) is 11.8 Å². The van der Waals surface area contributed by atoms with Gasteiger partial charge in [0.1, 0.15) is 19.6 Å². The second kappa shape index (κ2) is 10.7. The molecule has 164 valence electrons. The van der Waals surface area contributed by atoms with E-state index >= 15 is 0 Å². The quantitative estimate of drug-likeness (QED) is 0.574. The number of amides is 2. The molecule has 0 aromatic heterocycles.